The maximum Gasteiger partial charge on any atom is 0.161 e. The van der Waals surface area contributed by atoms with Gasteiger partial charge in [0.05, 0.1) is 14.2 Å². The van der Waals surface area contributed by atoms with Crippen molar-refractivity contribution in [2.45, 2.75) is 20.3 Å². The number of methoxy groups -OCH3 is 2. The van der Waals surface area contributed by atoms with E-state index in [2.05, 4.69) is 6.08 Å². The maximum absolute atomic E-state index is 10.3. The molecule has 0 aliphatic rings. The molecule has 2 aromatic rings. The van der Waals surface area contributed by atoms with Gasteiger partial charge in [0.15, 0.2) is 23.0 Å². The van der Waals surface area contributed by atoms with Gasteiger partial charge in [0.1, 0.15) is 0 Å². The summed E-state index contributed by atoms with van der Waals surface area (Å²) in [6, 6.07) is 8.88. The van der Waals surface area contributed by atoms with Crippen molar-refractivity contribution in [2.75, 3.05) is 14.2 Å². The highest BCUT2D eigenvalue weighted by molar-refractivity contribution is 5.72. The molecule has 25 heavy (non-hydrogen) atoms. The summed E-state index contributed by atoms with van der Waals surface area (Å²) >= 11 is 0. The normalized spacial score (nSPS) is 10.7. The van der Waals surface area contributed by atoms with Crippen LogP contribution in [0.5, 0.6) is 23.0 Å². The van der Waals surface area contributed by atoms with E-state index < -0.39 is 0 Å². The van der Waals surface area contributed by atoms with Crippen molar-refractivity contribution >= 4 is 12.2 Å². The molecule has 4 heteroatoms. The van der Waals surface area contributed by atoms with Gasteiger partial charge in [-0.05, 0) is 55.7 Å². The molecule has 2 N–H and O–H groups in total. The minimum absolute atomic E-state index is 0.106. The van der Waals surface area contributed by atoms with Crippen molar-refractivity contribution in [3.05, 3.63) is 58.7 Å². The molecule has 0 saturated carbocycles. The van der Waals surface area contributed by atoms with Crippen molar-refractivity contribution in [3.63, 3.8) is 0 Å². The summed E-state index contributed by atoms with van der Waals surface area (Å²) in [5, 5.41) is 19.9. The lowest BCUT2D eigenvalue weighted by Crippen LogP contribution is -1.91. The lowest BCUT2D eigenvalue weighted by Gasteiger charge is -2.10. The predicted molar refractivity (Wildman–Crippen MR) is 101 cm³/mol. The van der Waals surface area contributed by atoms with E-state index in [-0.39, 0.29) is 11.5 Å². The molecule has 0 saturated heterocycles. The highest BCUT2D eigenvalue weighted by Gasteiger charge is 2.09. The Balaban J connectivity index is 2.35. The van der Waals surface area contributed by atoms with Crippen LogP contribution >= 0.6 is 0 Å². The molecule has 0 radical (unpaired) electrons. The SMILES string of the molecule is COc1cc(/C=C/c2cc(CC=C(C)C)c(O)c(OC)c2)ccc1O. The Hall–Kier alpha value is -2.88. The average molecular weight is 340 g/mol. The zero-order valence-electron chi connectivity index (χ0n) is 15.0. The largest absolute Gasteiger partial charge is 0.504 e. The minimum Gasteiger partial charge on any atom is -0.504 e. The standard InChI is InChI=1S/C21H24O4/c1-14(2)5-9-17-11-16(13-20(25-4)21(17)23)7-6-15-8-10-18(22)19(12-15)24-3/h5-8,10-13,22-23H,9H2,1-4H3/b7-6+. The van der Waals surface area contributed by atoms with Gasteiger partial charge in [-0.3, -0.25) is 0 Å². The van der Waals surface area contributed by atoms with Gasteiger partial charge in [0, 0.05) is 5.56 Å². The second-order valence-electron chi connectivity index (χ2n) is 5.98. The molecule has 0 unspecified atom stereocenters. The fourth-order valence-corrected chi connectivity index (χ4v) is 2.40. The smallest absolute Gasteiger partial charge is 0.161 e. The Bertz CT molecular complexity index is 800. The molecule has 4 nitrogen and oxygen atoms in total. The minimum atomic E-state index is 0.106. The van der Waals surface area contributed by atoms with Gasteiger partial charge >= 0.3 is 0 Å². The lowest BCUT2D eigenvalue weighted by molar-refractivity contribution is 0.371. The number of allylic oxidation sites excluding steroid dienone is 2. The molecule has 0 bridgehead atoms. The summed E-state index contributed by atoms with van der Waals surface area (Å²) in [6.07, 6.45) is 6.55. The summed E-state index contributed by atoms with van der Waals surface area (Å²) in [5.74, 6) is 1.15. The number of hydrogen-bond donors (Lipinski definition) is 2. The molecular weight excluding hydrogens is 316 g/mol. The van der Waals surface area contributed by atoms with Crippen molar-refractivity contribution < 1.29 is 19.7 Å². The monoisotopic (exact) mass is 340 g/mol. The lowest BCUT2D eigenvalue weighted by atomic mass is 10.0. The van der Waals surface area contributed by atoms with Crippen LogP contribution in [-0.4, -0.2) is 24.4 Å². The van der Waals surface area contributed by atoms with Crippen LogP contribution in [0, 0.1) is 0 Å². The van der Waals surface area contributed by atoms with E-state index >= 15 is 0 Å². The van der Waals surface area contributed by atoms with Gasteiger partial charge in [-0.15, -0.1) is 0 Å². The van der Waals surface area contributed by atoms with Gasteiger partial charge < -0.3 is 19.7 Å². The molecule has 0 aliphatic heterocycles. The van der Waals surface area contributed by atoms with E-state index in [0.29, 0.717) is 17.9 Å². The number of hydrogen-bond acceptors (Lipinski definition) is 4. The van der Waals surface area contributed by atoms with Crippen LogP contribution in [0.15, 0.2) is 42.0 Å². The number of aromatic hydroxyl groups is 2. The summed E-state index contributed by atoms with van der Waals surface area (Å²) in [7, 11) is 3.06. The number of ether oxygens (including phenoxy) is 2. The van der Waals surface area contributed by atoms with Gasteiger partial charge in [0.25, 0.3) is 0 Å². The first-order valence-corrected chi connectivity index (χ1v) is 8.03. The Morgan fingerprint density at radius 3 is 2.20 bits per heavy atom. The van der Waals surface area contributed by atoms with Gasteiger partial charge in [-0.1, -0.05) is 29.9 Å². The highest BCUT2D eigenvalue weighted by atomic mass is 16.5. The van der Waals surface area contributed by atoms with Crippen LogP contribution in [0.4, 0.5) is 0 Å². The predicted octanol–water partition coefficient (Wildman–Crippen LogP) is 4.79. The van der Waals surface area contributed by atoms with E-state index in [0.717, 1.165) is 16.7 Å². The third-order valence-electron chi connectivity index (χ3n) is 3.80. The van der Waals surface area contributed by atoms with Crippen molar-refractivity contribution in [1.29, 1.82) is 0 Å². The zero-order valence-corrected chi connectivity index (χ0v) is 15.0. The molecule has 2 aromatic carbocycles. The maximum atomic E-state index is 10.3. The van der Waals surface area contributed by atoms with Crippen LogP contribution in [0.2, 0.25) is 0 Å². The summed E-state index contributed by atoms with van der Waals surface area (Å²) in [4.78, 5) is 0. The molecule has 0 aromatic heterocycles. The molecule has 0 aliphatic carbocycles. The van der Waals surface area contributed by atoms with E-state index in [1.54, 1.807) is 24.3 Å². The number of benzene rings is 2. The summed E-state index contributed by atoms with van der Waals surface area (Å²) in [6.45, 7) is 4.05. The van der Waals surface area contributed by atoms with Crippen LogP contribution < -0.4 is 9.47 Å². The van der Waals surface area contributed by atoms with Gasteiger partial charge in [-0.2, -0.15) is 0 Å². The Kier molecular flexibility index (Phi) is 6.12. The third-order valence-corrected chi connectivity index (χ3v) is 3.80. The number of phenols is 2. The highest BCUT2D eigenvalue weighted by Crippen LogP contribution is 2.33. The fraction of sp³-hybridized carbons (Fsp3) is 0.238. The average Bonchev–Trinajstić information content (AvgIpc) is 2.60. The topological polar surface area (TPSA) is 58.9 Å². The van der Waals surface area contributed by atoms with Crippen molar-refractivity contribution in [1.82, 2.24) is 0 Å². The molecule has 0 atom stereocenters. The molecule has 0 spiro atoms. The second-order valence-corrected chi connectivity index (χ2v) is 5.98. The second kappa shape index (κ2) is 8.29. The molecule has 2 rings (SSSR count). The molecule has 0 heterocycles. The van der Waals surface area contributed by atoms with Crippen LogP contribution in [0.3, 0.4) is 0 Å². The van der Waals surface area contributed by atoms with Crippen LogP contribution in [0.1, 0.15) is 30.5 Å². The first kappa shape index (κ1) is 18.5. The van der Waals surface area contributed by atoms with E-state index in [1.165, 1.54) is 19.8 Å². The summed E-state index contributed by atoms with van der Waals surface area (Å²) < 4.78 is 10.4. The number of rotatable bonds is 6. The van der Waals surface area contributed by atoms with E-state index in [4.69, 9.17) is 9.47 Å². The Morgan fingerprint density at radius 1 is 0.920 bits per heavy atom. The molecule has 0 amide bonds. The summed E-state index contributed by atoms with van der Waals surface area (Å²) in [5.41, 5.74) is 3.81. The number of phenolic OH excluding ortho intramolecular Hbond substituents is 2. The molecule has 132 valence electrons. The Labute approximate surface area is 148 Å². The molecular formula is C21H24O4. The molecule has 0 fully saturated rings. The van der Waals surface area contributed by atoms with E-state index in [1.807, 2.05) is 32.1 Å². The quantitative estimate of drug-likeness (QED) is 0.586. The zero-order chi connectivity index (χ0) is 18.4. The first-order valence-electron chi connectivity index (χ1n) is 8.03. The van der Waals surface area contributed by atoms with Crippen molar-refractivity contribution in [2.24, 2.45) is 0 Å². The third kappa shape index (κ3) is 4.80. The van der Waals surface area contributed by atoms with Crippen LogP contribution in [-0.2, 0) is 6.42 Å². The Morgan fingerprint density at radius 2 is 1.56 bits per heavy atom. The van der Waals surface area contributed by atoms with Crippen LogP contribution in [0.25, 0.3) is 12.2 Å². The first-order chi connectivity index (χ1) is 11.9. The van der Waals surface area contributed by atoms with Gasteiger partial charge in [0.2, 0.25) is 0 Å². The van der Waals surface area contributed by atoms with Crippen molar-refractivity contribution in [3.8, 4) is 23.0 Å². The fourth-order valence-electron chi connectivity index (χ4n) is 2.40. The van der Waals surface area contributed by atoms with E-state index in [9.17, 15) is 10.2 Å². The van der Waals surface area contributed by atoms with Gasteiger partial charge in [-0.25, -0.2) is 0 Å².